The van der Waals surface area contributed by atoms with Crippen LogP contribution in [0.3, 0.4) is 0 Å². The molecule has 1 aliphatic rings. The van der Waals surface area contributed by atoms with Crippen molar-refractivity contribution >= 4 is 27.4 Å². The molecule has 2 aromatic carbocycles. The predicted octanol–water partition coefficient (Wildman–Crippen LogP) is 2.73. The summed E-state index contributed by atoms with van der Waals surface area (Å²) in [5.74, 6) is -0.622. The number of anilines is 2. The Bertz CT molecular complexity index is 992. The first-order valence-electron chi connectivity index (χ1n) is 9.86. The molecular weight excluding hydrogens is 406 g/mol. The highest BCUT2D eigenvalue weighted by atomic mass is 32.2. The lowest BCUT2D eigenvalue weighted by Crippen LogP contribution is -2.29. The van der Waals surface area contributed by atoms with Crippen molar-refractivity contribution in [2.45, 2.75) is 18.2 Å². The summed E-state index contributed by atoms with van der Waals surface area (Å²) in [4.78, 5) is 16.2. The number of sulfonamides is 1. The van der Waals surface area contributed by atoms with Crippen LogP contribution in [0, 0.1) is 0 Å². The largest absolute Gasteiger partial charge is 0.494 e. The lowest BCUT2D eigenvalue weighted by Gasteiger charge is -2.24. The van der Waals surface area contributed by atoms with Gasteiger partial charge in [-0.1, -0.05) is 0 Å². The second-order valence-corrected chi connectivity index (χ2v) is 8.87. The number of carbonyl (C=O) groups is 1. The molecule has 8 nitrogen and oxygen atoms in total. The lowest BCUT2D eigenvalue weighted by atomic mass is 10.1. The molecule has 0 aromatic heterocycles. The monoisotopic (exact) mass is 433 g/mol. The number of carboxylic acids is 1. The fourth-order valence-electron chi connectivity index (χ4n) is 3.38. The molecule has 162 valence electrons. The van der Waals surface area contributed by atoms with Crippen molar-refractivity contribution in [2.75, 3.05) is 49.5 Å². The fourth-order valence-corrected chi connectivity index (χ4v) is 4.46. The molecule has 0 saturated carbocycles. The molecule has 1 saturated heterocycles. The van der Waals surface area contributed by atoms with Gasteiger partial charge in [-0.3, -0.25) is 4.72 Å². The van der Waals surface area contributed by atoms with Gasteiger partial charge in [-0.2, -0.15) is 0 Å². The molecule has 30 heavy (non-hydrogen) atoms. The molecule has 0 bridgehead atoms. The van der Waals surface area contributed by atoms with Gasteiger partial charge in [-0.05, 0) is 69.4 Å². The first-order valence-corrected chi connectivity index (χ1v) is 11.3. The van der Waals surface area contributed by atoms with E-state index in [-0.39, 0.29) is 16.1 Å². The van der Waals surface area contributed by atoms with Crippen LogP contribution in [0.25, 0.3) is 0 Å². The molecule has 0 amide bonds. The average molecular weight is 434 g/mol. The highest BCUT2D eigenvalue weighted by Gasteiger charge is 2.21. The van der Waals surface area contributed by atoms with Crippen molar-refractivity contribution in [3.63, 3.8) is 0 Å². The van der Waals surface area contributed by atoms with Crippen LogP contribution in [0.4, 0.5) is 11.4 Å². The van der Waals surface area contributed by atoms with E-state index in [0.717, 1.165) is 38.3 Å². The maximum atomic E-state index is 12.8. The van der Waals surface area contributed by atoms with Gasteiger partial charge in [0.05, 0.1) is 22.8 Å². The van der Waals surface area contributed by atoms with Gasteiger partial charge in [0.25, 0.3) is 10.0 Å². The topological polar surface area (TPSA) is 99.2 Å². The van der Waals surface area contributed by atoms with Crippen LogP contribution in [0.5, 0.6) is 5.75 Å². The third-order valence-corrected chi connectivity index (χ3v) is 6.39. The van der Waals surface area contributed by atoms with Gasteiger partial charge >= 0.3 is 5.97 Å². The number of nitrogens with zero attached hydrogens (tertiary/aromatic N) is 2. The number of carboxylic acid groups (broad SMARTS) is 1. The van der Waals surface area contributed by atoms with Gasteiger partial charge < -0.3 is 19.6 Å². The Kier molecular flexibility index (Phi) is 6.84. The molecule has 2 N–H and O–H groups in total. The molecule has 3 rings (SSSR count). The number of hydrogen-bond donors (Lipinski definition) is 2. The molecule has 0 unspecified atom stereocenters. The molecule has 1 aliphatic heterocycles. The van der Waals surface area contributed by atoms with E-state index >= 15 is 0 Å². The van der Waals surface area contributed by atoms with E-state index in [0.29, 0.717) is 12.4 Å². The van der Waals surface area contributed by atoms with Gasteiger partial charge in [0.2, 0.25) is 0 Å². The summed E-state index contributed by atoms with van der Waals surface area (Å²) in [5, 5.41) is 9.67. The molecule has 0 atom stereocenters. The smallest absolute Gasteiger partial charge is 0.337 e. The number of nitrogens with one attached hydrogen (secondary N) is 1. The lowest BCUT2D eigenvalue weighted by molar-refractivity contribution is 0.0698. The number of ether oxygens (including phenoxy) is 1. The Labute approximate surface area is 177 Å². The minimum Gasteiger partial charge on any atom is -0.494 e. The maximum absolute atomic E-state index is 12.8. The van der Waals surface area contributed by atoms with Gasteiger partial charge in [-0.15, -0.1) is 0 Å². The van der Waals surface area contributed by atoms with Gasteiger partial charge in [0.15, 0.2) is 0 Å². The summed E-state index contributed by atoms with van der Waals surface area (Å²) < 4.78 is 33.2. The number of rotatable bonds is 7. The molecule has 1 heterocycles. The van der Waals surface area contributed by atoms with E-state index in [4.69, 9.17) is 4.74 Å². The van der Waals surface area contributed by atoms with Gasteiger partial charge in [0, 0.05) is 25.3 Å². The van der Waals surface area contributed by atoms with E-state index in [1.54, 1.807) is 18.2 Å². The Morgan fingerprint density at radius 3 is 2.50 bits per heavy atom. The Morgan fingerprint density at radius 1 is 1.10 bits per heavy atom. The second-order valence-electron chi connectivity index (χ2n) is 7.19. The first-order chi connectivity index (χ1) is 14.3. The summed E-state index contributed by atoms with van der Waals surface area (Å²) in [6, 6.07) is 10.8. The summed E-state index contributed by atoms with van der Waals surface area (Å²) >= 11 is 0. The van der Waals surface area contributed by atoms with Crippen LogP contribution in [-0.2, 0) is 10.0 Å². The summed E-state index contributed by atoms with van der Waals surface area (Å²) in [7, 11) is -1.88. The van der Waals surface area contributed by atoms with Crippen molar-refractivity contribution in [1.29, 1.82) is 0 Å². The highest BCUT2D eigenvalue weighted by Crippen LogP contribution is 2.27. The van der Waals surface area contributed by atoms with Crippen LogP contribution in [0.1, 0.15) is 23.7 Å². The van der Waals surface area contributed by atoms with Crippen LogP contribution < -0.4 is 14.4 Å². The number of hydrogen-bond acceptors (Lipinski definition) is 6. The number of benzene rings is 2. The summed E-state index contributed by atoms with van der Waals surface area (Å²) in [5.41, 5.74) is 0.721. The standard InChI is InChI=1S/C21H27N3O5S/c1-3-29-17-6-8-18(9-7-17)30(27,28)22-20-10-5-16(15-19(20)21(25)26)24-12-4-11-23(2)13-14-24/h5-10,15,22H,3-4,11-14H2,1-2H3,(H,25,26). The average Bonchev–Trinajstić information content (AvgIpc) is 2.93. The Morgan fingerprint density at radius 2 is 1.83 bits per heavy atom. The van der Waals surface area contributed by atoms with Crippen molar-refractivity contribution in [1.82, 2.24) is 4.90 Å². The van der Waals surface area contributed by atoms with Crippen molar-refractivity contribution in [3.05, 3.63) is 48.0 Å². The summed E-state index contributed by atoms with van der Waals surface area (Å²) in [6.45, 7) is 5.80. The van der Waals surface area contributed by atoms with Crippen molar-refractivity contribution in [3.8, 4) is 5.75 Å². The summed E-state index contributed by atoms with van der Waals surface area (Å²) in [6.07, 6.45) is 0.977. The zero-order valence-electron chi connectivity index (χ0n) is 17.2. The van der Waals surface area contributed by atoms with E-state index in [1.807, 2.05) is 6.92 Å². The SMILES string of the molecule is CCOc1ccc(S(=O)(=O)Nc2ccc(N3CCCN(C)CC3)cc2C(=O)O)cc1. The predicted molar refractivity (Wildman–Crippen MR) is 116 cm³/mol. The van der Waals surface area contributed by atoms with E-state index in [9.17, 15) is 18.3 Å². The molecule has 1 fully saturated rings. The van der Waals surface area contributed by atoms with E-state index in [2.05, 4.69) is 21.6 Å². The molecule has 0 spiro atoms. The highest BCUT2D eigenvalue weighted by molar-refractivity contribution is 7.92. The van der Waals surface area contributed by atoms with E-state index < -0.39 is 16.0 Å². The van der Waals surface area contributed by atoms with Crippen LogP contribution >= 0.6 is 0 Å². The second kappa shape index (κ2) is 9.36. The maximum Gasteiger partial charge on any atom is 0.337 e. The molecule has 0 aliphatic carbocycles. The molecular formula is C21H27N3O5S. The third kappa shape index (κ3) is 5.22. The zero-order valence-corrected chi connectivity index (χ0v) is 18.0. The molecule has 2 aromatic rings. The van der Waals surface area contributed by atoms with Crippen LogP contribution in [-0.4, -0.2) is 64.2 Å². The molecule has 9 heteroatoms. The minimum atomic E-state index is -3.94. The van der Waals surface area contributed by atoms with E-state index in [1.165, 1.54) is 24.3 Å². The van der Waals surface area contributed by atoms with Crippen molar-refractivity contribution in [2.24, 2.45) is 0 Å². The number of aromatic carboxylic acids is 1. The van der Waals surface area contributed by atoms with Gasteiger partial charge in [-0.25, -0.2) is 13.2 Å². The van der Waals surface area contributed by atoms with Crippen LogP contribution in [0.2, 0.25) is 0 Å². The third-order valence-electron chi connectivity index (χ3n) is 5.01. The van der Waals surface area contributed by atoms with Gasteiger partial charge in [0.1, 0.15) is 5.75 Å². The minimum absolute atomic E-state index is 0.0296. The quantitative estimate of drug-likeness (QED) is 0.693. The van der Waals surface area contributed by atoms with Crippen LogP contribution in [0.15, 0.2) is 47.4 Å². The zero-order chi connectivity index (χ0) is 21.7. The van der Waals surface area contributed by atoms with Crippen molar-refractivity contribution < 1.29 is 23.1 Å². The Balaban J connectivity index is 1.85. The normalized spacial score (nSPS) is 15.5. The molecule has 0 radical (unpaired) electrons. The number of likely N-dealkylation sites (N-methyl/N-ethyl adjacent to an activating group) is 1. The Hall–Kier alpha value is -2.78. The first kappa shape index (κ1) is 21.9. The fraction of sp³-hybridized carbons (Fsp3) is 0.381.